The second-order valence-corrected chi connectivity index (χ2v) is 6.72. The molecular weight excluding hydrogens is 310 g/mol. The number of allylic oxidation sites excluding steroid dienone is 1. The molecule has 1 unspecified atom stereocenters. The summed E-state index contributed by atoms with van der Waals surface area (Å²) in [4.78, 5) is 14.8. The van der Waals surface area contributed by atoms with Crippen molar-refractivity contribution in [2.75, 3.05) is 11.4 Å². The Hall–Kier alpha value is -2.15. The smallest absolute Gasteiger partial charge is 0.240 e. The summed E-state index contributed by atoms with van der Waals surface area (Å²) in [6.07, 6.45) is 3.75. The quantitative estimate of drug-likeness (QED) is 0.622. The van der Waals surface area contributed by atoms with Gasteiger partial charge in [0.2, 0.25) is 11.1 Å². The van der Waals surface area contributed by atoms with E-state index >= 15 is 0 Å². The highest BCUT2D eigenvalue weighted by atomic mass is 32.2. The minimum Gasteiger partial charge on any atom is -0.311 e. The van der Waals surface area contributed by atoms with Gasteiger partial charge in [-0.1, -0.05) is 36.0 Å². The second kappa shape index (κ2) is 6.95. The summed E-state index contributed by atoms with van der Waals surface area (Å²) in [5.41, 5.74) is 2.27. The first-order chi connectivity index (χ1) is 11.2. The number of para-hydroxylation sites is 1. The van der Waals surface area contributed by atoms with Crippen LogP contribution in [-0.2, 0) is 17.8 Å². The standard InChI is InChI=1S/C16H19N5OS/c1-3-10-21-16(17-18-19-21)23-12(2)15(22)20-11-6-8-13-7-4-5-9-14(13)20/h3-5,7,9,12H,1,6,8,10-11H2,2H3. The lowest BCUT2D eigenvalue weighted by Gasteiger charge is -2.31. The number of anilines is 1. The zero-order valence-electron chi connectivity index (χ0n) is 13.1. The topological polar surface area (TPSA) is 63.9 Å². The molecule has 0 N–H and O–H groups in total. The molecule has 1 amide bonds. The first-order valence-corrected chi connectivity index (χ1v) is 8.51. The van der Waals surface area contributed by atoms with Gasteiger partial charge < -0.3 is 4.90 Å². The summed E-state index contributed by atoms with van der Waals surface area (Å²) in [5.74, 6) is 0.0929. The fourth-order valence-electron chi connectivity index (χ4n) is 2.71. The zero-order valence-corrected chi connectivity index (χ0v) is 13.9. The number of nitrogens with zero attached hydrogens (tertiary/aromatic N) is 5. The van der Waals surface area contributed by atoms with Gasteiger partial charge in [-0.3, -0.25) is 4.79 Å². The molecule has 0 saturated carbocycles. The number of hydrogen-bond donors (Lipinski definition) is 0. The van der Waals surface area contributed by atoms with Crippen molar-refractivity contribution in [3.63, 3.8) is 0 Å². The number of rotatable bonds is 5. The average Bonchev–Trinajstić information content (AvgIpc) is 3.01. The number of amides is 1. The third kappa shape index (κ3) is 3.29. The predicted molar refractivity (Wildman–Crippen MR) is 90.4 cm³/mol. The monoisotopic (exact) mass is 329 g/mol. The predicted octanol–water partition coefficient (Wildman–Crippen LogP) is 2.32. The van der Waals surface area contributed by atoms with Gasteiger partial charge in [0.1, 0.15) is 0 Å². The number of carbonyl (C=O) groups is 1. The molecule has 1 atom stereocenters. The Kier molecular flexibility index (Phi) is 4.76. The molecule has 120 valence electrons. The van der Waals surface area contributed by atoms with Crippen molar-refractivity contribution in [1.29, 1.82) is 0 Å². The molecule has 7 heteroatoms. The van der Waals surface area contributed by atoms with Crippen LogP contribution in [0, 0.1) is 0 Å². The van der Waals surface area contributed by atoms with E-state index in [9.17, 15) is 4.79 Å². The maximum absolute atomic E-state index is 12.9. The highest BCUT2D eigenvalue weighted by Crippen LogP contribution is 2.30. The van der Waals surface area contributed by atoms with Crippen molar-refractivity contribution >= 4 is 23.4 Å². The van der Waals surface area contributed by atoms with Crippen LogP contribution in [-0.4, -0.2) is 37.9 Å². The van der Waals surface area contributed by atoms with Gasteiger partial charge in [0.05, 0.1) is 11.8 Å². The Morgan fingerprint density at radius 1 is 1.48 bits per heavy atom. The van der Waals surface area contributed by atoms with Crippen molar-refractivity contribution in [2.45, 2.75) is 36.7 Å². The van der Waals surface area contributed by atoms with Crippen LogP contribution in [0.15, 0.2) is 42.1 Å². The van der Waals surface area contributed by atoms with Crippen molar-refractivity contribution in [3.05, 3.63) is 42.5 Å². The van der Waals surface area contributed by atoms with Crippen LogP contribution in [0.2, 0.25) is 0 Å². The van der Waals surface area contributed by atoms with Gasteiger partial charge in [-0.15, -0.1) is 11.7 Å². The summed E-state index contributed by atoms with van der Waals surface area (Å²) in [5, 5.41) is 12.0. The Morgan fingerprint density at radius 2 is 2.30 bits per heavy atom. The number of hydrogen-bond acceptors (Lipinski definition) is 5. The van der Waals surface area contributed by atoms with Crippen LogP contribution in [0.4, 0.5) is 5.69 Å². The summed E-state index contributed by atoms with van der Waals surface area (Å²) >= 11 is 1.38. The van der Waals surface area contributed by atoms with E-state index in [1.54, 1.807) is 10.8 Å². The number of aryl methyl sites for hydroxylation is 1. The second-order valence-electron chi connectivity index (χ2n) is 5.41. The maximum Gasteiger partial charge on any atom is 0.240 e. The molecule has 0 aliphatic carbocycles. The Labute approximate surface area is 139 Å². The van der Waals surface area contributed by atoms with Gasteiger partial charge in [-0.25, -0.2) is 4.68 Å². The first kappa shape index (κ1) is 15.7. The first-order valence-electron chi connectivity index (χ1n) is 7.63. The van der Waals surface area contributed by atoms with Gasteiger partial charge in [-0.2, -0.15) is 0 Å². The molecule has 1 aromatic heterocycles. The van der Waals surface area contributed by atoms with E-state index < -0.39 is 0 Å². The van der Waals surface area contributed by atoms with Crippen LogP contribution >= 0.6 is 11.8 Å². The molecule has 0 fully saturated rings. The van der Waals surface area contributed by atoms with Crippen LogP contribution in [0.5, 0.6) is 0 Å². The molecule has 0 bridgehead atoms. The SMILES string of the molecule is C=CCn1nnnc1SC(C)C(=O)N1CCCc2ccccc21. The Balaban J connectivity index is 1.75. The van der Waals surface area contributed by atoms with E-state index in [1.165, 1.54) is 17.3 Å². The fourth-order valence-corrected chi connectivity index (χ4v) is 3.57. The van der Waals surface area contributed by atoms with E-state index in [4.69, 9.17) is 0 Å². The minimum absolute atomic E-state index is 0.0929. The number of fused-ring (bicyclic) bond motifs is 1. The Morgan fingerprint density at radius 3 is 3.13 bits per heavy atom. The molecule has 3 rings (SSSR count). The van der Waals surface area contributed by atoms with Gasteiger partial charge in [0.15, 0.2) is 0 Å². The third-order valence-corrected chi connectivity index (χ3v) is 4.87. The van der Waals surface area contributed by atoms with Crippen LogP contribution in [0.25, 0.3) is 0 Å². The van der Waals surface area contributed by atoms with Crippen LogP contribution in [0.1, 0.15) is 18.9 Å². The van der Waals surface area contributed by atoms with E-state index in [0.29, 0.717) is 11.7 Å². The molecular formula is C16H19N5OS. The molecule has 2 aromatic rings. The van der Waals surface area contributed by atoms with Crippen molar-refractivity contribution in [1.82, 2.24) is 20.2 Å². The highest BCUT2D eigenvalue weighted by molar-refractivity contribution is 8.00. The van der Waals surface area contributed by atoms with Gasteiger partial charge in [0, 0.05) is 12.2 Å². The maximum atomic E-state index is 12.9. The number of thioether (sulfide) groups is 1. The van der Waals surface area contributed by atoms with E-state index in [0.717, 1.165) is 25.1 Å². The summed E-state index contributed by atoms with van der Waals surface area (Å²) in [6, 6.07) is 8.12. The number of benzene rings is 1. The van der Waals surface area contributed by atoms with Crippen molar-refractivity contribution in [3.8, 4) is 0 Å². The van der Waals surface area contributed by atoms with E-state index in [1.807, 2.05) is 30.0 Å². The average molecular weight is 329 g/mol. The third-order valence-electron chi connectivity index (χ3n) is 3.81. The molecule has 1 aliphatic heterocycles. The molecule has 0 saturated heterocycles. The lowest BCUT2D eigenvalue weighted by Crippen LogP contribution is -2.40. The summed E-state index contributed by atoms with van der Waals surface area (Å²) in [6.45, 7) is 6.88. The summed E-state index contributed by atoms with van der Waals surface area (Å²) in [7, 11) is 0. The lowest BCUT2D eigenvalue weighted by atomic mass is 10.0. The zero-order chi connectivity index (χ0) is 16.2. The molecule has 6 nitrogen and oxygen atoms in total. The van der Waals surface area contributed by atoms with Crippen LogP contribution < -0.4 is 4.90 Å². The number of aromatic nitrogens is 4. The minimum atomic E-state index is -0.254. The van der Waals surface area contributed by atoms with Gasteiger partial charge in [-0.05, 0) is 41.8 Å². The highest BCUT2D eigenvalue weighted by Gasteiger charge is 2.27. The fraction of sp³-hybridized carbons (Fsp3) is 0.375. The summed E-state index contributed by atoms with van der Waals surface area (Å²) < 4.78 is 1.64. The molecule has 1 aromatic carbocycles. The van der Waals surface area contributed by atoms with Crippen LogP contribution in [0.3, 0.4) is 0 Å². The van der Waals surface area contributed by atoms with Crippen molar-refractivity contribution < 1.29 is 4.79 Å². The molecule has 2 heterocycles. The molecule has 1 aliphatic rings. The van der Waals surface area contributed by atoms with Crippen molar-refractivity contribution in [2.24, 2.45) is 0 Å². The van der Waals surface area contributed by atoms with Gasteiger partial charge in [0.25, 0.3) is 0 Å². The lowest BCUT2D eigenvalue weighted by molar-refractivity contribution is -0.117. The number of tetrazole rings is 1. The van der Waals surface area contributed by atoms with E-state index in [2.05, 4.69) is 28.2 Å². The largest absolute Gasteiger partial charge is 0.311 e. The van der Waals surface area contributed by atoms with E-state index in [-0.39, 0.29) is 11.2 Å². The molecule has 23 heavy (non-hydrogen) atoms. The Bertz CT molecular complexity index is 714. The molecule has 0 spiro atoms. The van der Waals surface area contributed by atoms with Gasteiger partial charge >= 0.3 is 0 Å². The normalized spacial score (nSPS) is 15.1. The number of carbonyl (C=O) groups excluding carboxylic acids is 1. The molecule has 0 radical (unpaired) electrons.